The fraction of sp³-hybridized carbons (Fsp3) is 0.667. The van der Waals surface area contributed by atoms with Gasteiger partial charge in [-0.25, -0.2) is 4.98 Å². The van der Waals surface area contributed by atoms with Crippen LogP contribution in [-0.4, -0.2) is 58.4 Å². The lowest BCUT2D eigenvalue weighted by Gasteiger charge is -2.36. The Balaban J connectivity index is 1.32. The molecule has 3 aliphatic rings. The van der Waals surface area contributed by atoms with E-state index in [2.05, 4.69) is 28.5 Å². The van der Waals surface area contributed by atoms with E-state index in [1.807, 2.05) is 10.7 Å². The number of rotatable bonds is 6. The zero-order valence-electron chi connectivity index (χ0n) is 19.8. The van der Waals surface area contributed by atoms with Crippen molar-refractivity contribution >= 4 is 5.82 Å². The van der Waals surface area contributed by atoms with E-state index in [0.29, 0.717) is 41.2 Å². The van der Waals surface area contributed by atoms with Gasteiger partial charge in [-0.3, -0.25) is 4.68 Å². The molecule has 2 aromatic rings. The monoisotopic (exact) mass is 479 g/mol. The average molecular weight is 480 g/mol. The Morgan fingerprint density at radius 3 is 2.38 bits per heavy atom. The quantitative estimate of drug-likeness (QED) is 0.652. The number of hydrogen-bond acceptors (Lipinski definition) is 6. The van der Waals surface area contributed by atoms with E-state index < -0.39 is 12.1 Å². The lowest BCUT2D eigenvalue weighted by Crippen LogP contribution is -2.42. The summed E-state index contributed by atoms with van der Waals surface area (Å²) in [6, 6.07) is 4.05. The van der Waals surface area contributed by atoms with Gasteiger partial charge in [0.25, 0.3) is 0 Å². The molecule has 1 aliphatic heterocycles. The Kier molecular flexibility index (Phi) is 6.00. The molecule has 2 N–H and O–H groups in total. The molecule has 0 spiro atoms. The zero-order chi connectivity index (χ0) is 24.2. The van der Waals surface area contributed by atoms with Crippen LogP contribution in [0, 0.1) is 11.8 Å². The van der Waals surface area contributed by atoms with E-state index in [9.17, 15) is 13.2 Å². The highest BCUT2D eigenvalue weighted by molar-refractivity contribution is 5.64. The number of piperidine rings is 1. The first kappa shape index (κ1) is 23.4. The molecule has 10 heteroatoms. The number of pyridine rings is 1. The van der Waals surface area contributed by atoms with Crippen molar-refractivity contribution in [1.29, 1.82) is 0 Å². The van der Waals surface area contributed by atoms with Crippen molar-refractivity contribution < 1.29 is 22.6 Å². The van der Waals surface area contributed by atoms with Crippen molar-refractivity contribution in [2.45, 2.75) is 70.0 Å². The van der Waals surface area contributed by atoms with E-state index in [0.717, 1.165) is 31.6 Å². The lowest BCUT2D eigenvalue weighted by atomic mass is 9.99. The lowest BCUT2D eigenvalue weighted by molar-refractivity contribution is -0.274. The average Bonchev–Trinajstić information content (AvgIpc) is 3.14. The highest BCUT2D eigenvalue weighted by Crippen LogP contribution is 2.64. The highest BCUT2D eigenvalue weighted by atomic mass is 19.4. The Bertz CT molecular complexity index is 1020. The molecule has 1 saturated heterocycles. The van der Waals surface area contributed by atoms with Crippen LogP contribution < -0.4 is 10.5 Å². The molecule has 3 fully saturated rings. The first-order chi connectivity index (χ1) is 16.1. The van der Waals surface area contributed by atoms with E-state index in [1.165, 1.54) is 25.1 Å². The summed E-state index contributed by atoms with van der Waals surface area (Å²) < 4.78 is 49.8. The second-order valence-electron chi connectivity index (χ2n) is 10.1. The summed E-state index contributed by atoms with van der Waals surface area (Å²) in [6.07, 6.45) is 1.59. The van der Waals surface area contributed by atoms with Gasteiger partial charge < -0.3 is 20.1 Å². The number of likely N-dealkylation sites (tertiary alicyclic amines) is 1. The summed E-state index contributed by atoms with van der Waals surface area (Å²) in [4.78, 5) is 6.53. The van der Waals surface area contributed by atoms with Crippen molar-refractivity contribution in [3.63, 3.8) is 0 Å². The molecule has 2 aromatic heterocycles. The molecule has 3 heterocycles. The Morgan fingerprint density at radius 2 is 1.79 bits per heavy atom. The van der Waals surface area contributed by atoms with Crippen LogP contribution in [0.4, 0.5) is 19.0 Å². The second kappa shape index (κ2) is 8.71. The van der Waals surface area contributed by atoms with Crippen LogP contribution in [0.3, 0.4) is 0 Å². The number of hydrogen-bond donors (Lipinski definition) is 1. The third-order valence-corrected chi connectivity index (χ3v) is 7.74. The topological polar surface area (TPSA) is 78.4 Å². The number of methoxy groups -OCH3 is 1. The highest BCUT2D eigenvalue weighted by Gasteiger charge is 2.58. The van der Waals surface area contributed by atoms with Crippen molar-refractivity contribution in [3.05, 3.63) is 24.0 Å². The maximum Gasteiger partial charge on any atom is 0.573 e. The first-order valence-electron chi connectivity index (χ1n) is 12.0. The minimum absolute atomic E-state index is 0.140. The van der Waals surface area contributed by atoms with Crippen LogP contribution in [0.5, 0.6) is 5.75 Å². The van der Waals surface area contributed by atoms with Crippen molar-refractivity contribution in [3.8, 4) is 17.0 Å². The minimum Gasteiger partial charge on any atom is -0.402 e. The number of halogens is 3. The molecule has 5 rings (SSSR count). The fourth-order valence-electron chi connectivity index (χ4n) is 6.04. The molecule has 2 aliphatic carbocycles. The predicted octanol–water partition coefficient (Wildman–Crippen LogP) is 4.61. The number of fused-ring (bicyclic) bond motifs is 1. The summed E-state index contributed by atoms with van der Waals surface area (Å²) in [6.45, 7) is 6.35. The van der Waals surface area contributed by atoms with Gasteiger partial charge in [0, 0.05) is 55.7 Å². The van der Waals surface area contributed by atoms with E-state index in [4.69, 9.17) is 15.6 Å². The van der Waals surface area contributed by atoms with Gasteiger partial charge in [0.1, 0.15) is 0 Å². The van der Waals surface area contributed by atoms with E-state index in [-0.39, 0.29) is 11.9 Å². The van der Waals surface area contributed by atoms with Gasteiger partial charge >= 0.3 is 6.36 Å². The molecule has 0 amide bonds. The molecule has 2 saturated carbocycles. The van der Waals surface area contributed by atoms with Gasteiger partial charge in [-0.15, -0.1) is 13.2 Å². The van der Waals surface area contributed by atoms with Gasteiger partial charge in [-0.1, -0.05) is 0 Å². The number of ether oxygens (including phenoxy) is 2. The van der Waals surface area contributed by atoms with Crippen LogP contribution in [0.2, 0.25) is 0 Å². The van der Waals surface area contributed by atoms with Gasteiger partial charge in [0.15, 0.2) is 11.6 Å². The smallest absolute Gasteiger partial charge is 0.402 e. The Morgan fingerprint density at radius 1 is 1.12 bits per heavy atom. The van der Waals surface area contributed by atoms with Gasteiger partial charge in [0.05, 0.1) is 11.8 Å². The maximum atomic E-state index is 12.7. The number of nitrogen functional groups attached to an aromatic ring is 1. The van der Waals surface area contributed by atoms with Crippen LogP contribution in [-0.2, 0) is 4.74 Å². The van der Waals surface area contributed by atoms with Crippen LogP contribution in [0.25, 0.3) is 11.3 Å². The molecule has 4 atom stereocenters. The fourth-order valence-corrected chi connectivity index (χ4v) is 6.04. The van der Waals surface area contributed by atoms with Gasteiger partial charge in [-0.2, -0.15) is 5.10 Å². The third-order valence-electron chi connectivity index (χ3n) is 7.74. The molecule has 7 nitrogen and oxygen atoms in total. The molecular weight excluding hydrogens is 447 g/mol. The van der Waals surface area contributed by atoms with Crippen LogP contribution in [0.1, 0.15) is 57.2 Å². The van der Waals surface area contributed by atoms with Crippen molar-refractivity contribution in [1.82, 2.24) is 19.7 Å². The van der Waals surface area contributed by atoms with Crippen molar-refractivity contribution in [2.75, 3.05) is 25.9 Å². The van der Waals surface area contributed by atoms with Gasteiger partial charge in [-0.05, 0) is 63.5 Å². The predicted molar refractivity (Wildman–Crippen MR) is 121 cm³/mol. The van der Waals surface area contributed by atoms with Crippen LogP contribution in [0.15, 0.2) is 18.3 Å². The summed E-state index contributed by atoms with van der Waals surface area (Å²) in [5.74, 6) is 0.918. The summed E-state index contributed by atoms with van der Waals surface area (Å²) in [5.41, 5.74) is 7.80. The SMILES string of the molecule is COC1CCN(C2C[C@@H]3[C@H](C2)[C@H]3c2cc(-c3cnc(N)c(OC(F)(F)F)c3)nn2C(C)C)CC1. The second-order valence-corrected chi connectivity index (χ2v) is 10.1. The zero-order valence-corrected chi connectivity index (χ0v) is 19.8. The number of anilines is 1. The Labute approximate surface area is 197 Å². The molecule has 1 unspecified atom stereocenters. The molecule has 0 aromatic carbocycles. The number of aromatic nitrogens is 3. The molecular formula is C24H32F3N5O2. The number of alkyl halides is 3. The van der Waals surface area contributed by atoms with Crippen molar-refractivity contribution in [2.24, 2.45) is 11.8 Å². The van der Waals surface area contributed by atoms with Crippen LogP contribution >= 0.6 is 0 Å². The Hall–Kier alpha value is -2.33. The molecule has 0 radical (unpaired) electrons. The molecule has 34 heavy (non-hydrogen) atoms. The van der Waals surface area contributed by atoms with E-state index in [1.54, 1.807) is 7.11 Å². The van der Waals surface area contributed by atoms with Gasteiger partial charge in [0.2, 0.25) is 0 Å². The number of nitrogens with zero attached hydrogens (tertiary/aromatic N) is 4. The van der Waals surface area contributed by atoms with E-state index >= 15 is 0 Å². The summed E-state index contributed by atoms with van der Waals surface area (Å²) >= 11 is 0. The third kappa shape index (κ3) is 4.49. The standard InChI is InChI=1S/C24H32F3N5O2/c1-13(2)32-20(11-19(30-32)14-8-21(23(28)29-12-14)34-24(25,26)27)22-17-9-15(10-18(17)22)31-6-4-16(33-3)5-7-31/h8,11-13,15-18,22H,4-7,9-10H2,1-3H3,(H2,28,29)/t15?,17-,18+,22+. The molecule has 0 bridgehead atoms. The number of nitrogens with two attached hydrogens (primary N) is 1. The molecule has 186 valence electrons. The maximum absolute atomic E-state index is 12.7. The summed E-state index contributed by atoms with van der Waals surface area (Å²) in [7, 11) is 1.80. The minimum atomic E-state index is -4.84. The largest absolute Gasteiger partial charge is 0.573 e. The first-order valence-corrected chi connectivity index (χ1v) is 12.0. The summed E-state index contributed by atoms with van der Waals surface area (Å²) in [5, 5.41) is 4.74. The normalized spacial score (nSPS) is 27.9.